The van der Waals surface area contributed by atoms with Gasteiger partial charge in [-0.15, -0.1) is 0 Å². The summed E-state index contributed by atoms with van der Waals surface area (Å²) in [4.78, 5) is 28.7. The largest absolute Gasteiger partial charge is 0.462 e. The van der Waals surface area contributed by atoms with Crippen molar-refractivity contribution in [2.75, 3.05) is 39.3 Å². The third kappa shape index (κ3) is 3.56. The second-order valence-electron chi connectivity index (χ2n) is 9.31. The number of esters is 1. The number of carbonyl (C=O) groups excluding carboxylic acids is 2. The van der Waals surface area contributed by atoms with Crippen molar-refractivity contribution in [3.8, 4) is 0 Å². The number of ether oxygens (including phenoxy) is 2. The van der Waals surface area contributed by atoms with Crippen molar-refractivity contribution in [3.63, 3.8) is 0 Å². The maximum atomic E-state index is 12.7. The Balaban J connectivity index is 1.40. The fourth-order valence-electron chi connectivity index (χ4n) is 5.93. The first kappa shape index (κ1) is 19.7. The van der Waals surface area contributed by atoms with Crippen molar-refractivity contribution in [2.45, 2.75) is 59.0 Å². The summed E-state index contributed by atoms with van der Waals surface area (Å²) in [7, 11) is 0. The standard InChI is InChI=1S/C22H34N2O4/c1-4-27-21(26)24-10-8-23(9-11-24)14-17-16-12-18-15(2)6-5-7-22(18,3)13-19(16)28-20(17)25/h16-17,19H,4-14H2,1-3H3/t16-,17-,19-,22-/m1/s1. The number of piperazine rings is 1. The quantitative estimate of drug-likeness (QED) is 0.547. The zero-order valence-corrected chi connectivity index (χ0v) is 17.5. The fourth-order valence-corrected chi connectivity index (χ4v) is 5.93. The lowest BCUT2D eigenvalue weighted by Crippen LogP contribution is -2.51. The monoisotopic (exact) mass is 390 g/mol. The molecule has 0 spiro atoms. The van der Waals surface area contributed by atoms with Gasteiger partial charge in [-0.25, -0.2) is 4.79 Å². The van der Waals surface area contributed by atoms with E-state index in [1.54, 1.807) is 16.0 Å². The van der Waals surface area contributed by atoms with E-state index in [9.17, 15) is 9.59 Å². The minimum Gasteiger partial charge on any atom is -0.462 e. The molecule has 0 aromatic carbocycles. The van der Waals surface area contributed by atoms with Crippen LogP contribution in [0.15, 0.2) is 11.1 Å². The highest BCUT2D eigenvalue weighted by Gasteiger charge is 2.53. The van der Waals surface area contributed by atoms with Crippen LogP contribution in [0.2, 0.25) is 0 Å². The third-order valence-corrected chi connectivity index (χ3v) is 7.53. The van der Waals surface area contributed by atoms with Gasteiger partial charge in [0.1, 0.15) is 6.10 Å². The number of nitrogens with zero attached hydrogens (tertiary/aromatic N) is 2. The zero-order chi connectivity index (χ0) is 19.9. The molecule has 0 radical (unpaired) electrons. The summed E-state index contributed by atoms with van der Waals surface area (Å²) >= 11 is 0. The second kappa shape index (κ2) is 7.69. The maximum absolute atomic E-state index is 12.7. The summed E-state index contributed by atoms with van der Waals surface area (Å²) in [6, 6.07) is 0. The lowest BCUT2D eigenvalue weighted by atomic mass is 9.59. The molecule has 6 nitrogen and oxygen atoms in total. The van der Waals surface area contributed by atoms with E-state index in [-0.39, 0.29) is 29.5 Å². The van der Waals surface area contributed by atoms with Crippen molar-refractivity contribution in [1.29, 1.82) is 0 Å². The fraction of sp³-hybridized carbons (Fsp3) is 0.818. The summed E-state index contributed by atoms with van der Waals surface area (Å²) in [6.45, 7) is 10.6. The predicted molar refractivity (Wildman–Crippen MR) is 106 cm³/mol. The van der Waals surface area contributed by atoms with E-state index >= 15 is 0 Å². The first-order valence-corrected chi connectivity index (χ1v) is 10.9. The van der Waals surface area contributed by atoms with E-state index in [1.165, 1.54) is 19.3 Å². The van der Waals surface area contributed by atoms with Crippen LogP contribution in [-0.2, 0) is 14.3 Å². The van der Waals surface area contributed by atoms with E-state index in [0.717, 1.165) is 32.5 Å². The maximum Gasteiger partial charge on any atom is 0.409 e. The van der Waals surface area contributed by atoms with E-state index in [1.807, 2.05) is 6.92 Å². The van der Waals surface area contributed by atoms with Crippen LogP contribution in [-0.4, -0.2) is 67.3 Å². The van der Waals surface area contributed by atoms with Gasteiger partial charge in [0.05, 0.1) is 12.5 Å². The van der Waals surface area contributed by atoms with Gasteiger partial charge >= 0.3 is 12.1 Å². The van der Waals surface area contributed by atoms with Crippen molar-refractivity contribution in [1.82, 2.24) is 9.80 Å². The molecule has 2 saturated heterocycles. The summed E-state index contributed by atoms with van der Waals surface area (Å²) in [5.74, 6) is 0.265. The molecule has 2 aliphatic carbocycles. The number of rotatable bonds is 3. The Hall–Kier alpha value is -1.56. The average Bonchev–Trinajstić information content (AvgIpc) is 2.95. The molecule has 0 aromatic rings. The normalized spacial score (nSPS) is 36.0. The lowest BCUT2D eigenvalue weighted by molar-refractivity contribution is -0.145. The Morgan fingerprint density at radius 3 is 2.75 bits per heavy atom. The van der Waals surface area contributed by atoms with Gasteiger partial charge in [-0.05, 0) is 51.4 Å². The Labute approximate surface area is 168 Å². The van der Waals surface area contributed by atoms with E-state index < -0.39 is 0 Å². The van der Waals surface area contributed by atoms with Crippen LogP contribution in [0.25, 0.3) is 0 Å². The zero-order valence-electron chi connectivity index (χ0n) is 17.5. The first-order valence-electron chi connectivity index (χ1n) is 10.9. The summed E-state index contributed by atoms with van der Waals surface area (Å²) in [5.41, 5.74) is 3.38. The number of carbonyl (C=O) groups is 2. The van der Waals surface area contributed by atoms with Crippen molar-refractivity contribution in [3.05, 3.63) is 11.1 Å². The van der Waals surface area contributed by atoms with Gasteiger partial charge in [0.25, 0.3) is 0 Å². The highest BCUT2D eigenvalue weighted by Crippen LogP contribution is 2.55. The van der Waals surface area contributed by atoms with Crippen LogP contribution in [0.3, 0.4) is 0 Å². The van der Waals surface area contributed by atoms with Gasteiger partial charge in [0, 0.05) is 38.6 Å². The van der Waals surface area contributed by atoms with E-state index in [2.05, 4.69) is 18.7 Å². The number of amides is 1. The van der Waals surface area contributed by atoms with Crippen LogP contribution in [0.5, 0.6) is 0 Å². The second-order valence-corrected chi connectivity index (χ2v) is 9.31. The SMILES string of the molecule is CCOC(=O)N1CCN(C[C@H]2C(=O)O[C@@H]3C[C@@]4(C)CCCC(C)=C4C[C@@H]32)CC1. The number of fused-ring (bicyclic) bond motifs is 2. The Morgan fingerprint density at radius 2 is 2.04 bits per heavy atom. The summed E-state index contributed by atoms with van der Waals surface area (Å²) in [5, 5.41) is 0. The molecule has 0 aromatic heterocycles. The molecule has 156 valence electrons. The van der Waals surface area contributed by atoms with Gasteiger partial charge < -0.3 is 14.4 Å². The molecule has 2 aliphatic heterocycles. The molecule has 4 atom stereocenters. The number of allylic oxidation sites excluding steroid dienone is 2. The van der Waals surface area contributed by atoms with Crippen LogP contribution >= 0.6 is 0 Å². The molecule has 0 bridgehead atoms. The Bertz CT molecular complexity index is 667. The molecular formula is C22H34N2O4. The smallest absolute Gasteiger partial charge is 0.409 e. The molecule has 28 heavy (non-hydrogen) atoms. The van der Waals surface area contributed by atoms with Gasteiger partial charge in [-0.1, -0.05) is 18.1 Å². The lowest BCUT2D eigenvalue weighted by Gasteiger charge is -2.46. The number of hydrogen-bond acceptors (Lipinski definition) is 5. The minimum absolute atomic E-state index is 0.0108. The van der Waals surface area contributed by atoms with Crippen molar-refractivity contribution < 1.29 is 19.1 Å². The van der Waals surface area contributed by atoms with Gasteiger partial charge in [-0.2, -0.15) is 0 Å². The van der Waals surface area contributed by atoms with E-state index in [4.69, 9.17) is 9.47 Å². The van der Waals surface area contributed by atoms with E-state index in [0.29, 0.717) is 25.6 Å². The molecular weight excluding hydrogens is 356 g/mol. The molecule has 4 aliphatic rings. The van der Waals surface area contributed by atoms with Crippen LogP contribution in [0.1, 0.15) is 52.9 Å². The summed E-state index contributed by atoms with van der Waals surface area (Å²) in [6.07, 6.45) is 5.55. The van der Waals surface area contributed by atoms with Crippen LogP contribution in [0, 0.1) is 17.3 Å². The van der Waals surface area contributed by atoms with Crippen molar-refractivity contribution >= 4 is 12.1 Å². The Morgan fingerprint density at radius 1 is 1.29 bits per heavy atom. The third-order valence-electron chi connectivity index (χ3n) is 7.53. The van der Waals surface area contributed by atoms with Gasteiger partial charge in [0.2, 0.25) is 0 Å². The average molecular weight is 391 g/mol. The molecule has 4 rings (SSSR count). The molecule has 0 unspecified atom stereocenters. The summed E-state index contributed by atoms with van der Waals surface area (Å²) < 4.78 is 11.0. The highest BCUT2D eigenvalue weighted by atomic mass is 16.6. The first-order chi connectivity index (χ1) is 13.4. The molecule has 1 amide bonds. The van der Waals surface area contributed by atoms with Crippen molar-refractivity contribution in [2.24, 2.45) is 17.3 Å². The minimum atomic E-state index is -0.228. The molecule has 6 heteroatoms. The molecule has 1 saturated carbocycles. The number of hydrogen-bond donors (Lipinski definition) is 0. The van der Waals surface area contributed by atoms with Gasteiger partial charge in [0.15, 0.2) is 0 Å². The Kier molecular flexibility index (Phi) is 5.43. The molecule has 2 heterocycles. The topological polar surface area (TPSA) is 59.1 Å². The highest BCUT2D eigenvalue weighted by molar-refractivity contribution is 5.76. The molecule has 0 N–H and O–H groups in total. The predicted octanol–water partition coefficient (Wildman–Crippen LogP) is 3.22. The van der Waals surface area contributed by atoms with Crippen LogP contribution < -0.4 is 0 Å². The van der Waals surface area contributed by atoms with Crippen LogP contribution in [0.4, 0.5) is 4.79 Å². The molecule has 3 fully saturated rings. The van der Waals surface area contributed by atoms with Gasteiger partial charge in [-0.3, -0.25) is 9.69 Å².